The summed E-state index contributed by atoms with van der Waals surface area (Å²) in [4.78, 5) is 3.87. The Bertz CT molecular complexity index is 667. The minimum absolute atomic E-state index is 0.356. The Morgan fingerprint density at radius 3 is 2.44 bits per heavy atom. The number of aliphatic hydroxyl groups excluding tert-OH is 1. The molecule has 2 N–H and O–H groups in total. The molecule has 0 amide bonds. The first-order chi connectivity index (χ1) is 12.1. The van der Waals surface area contributed by atoms with E-state index >= 15 is 0 Å². The molecule has 2 aromatic carbocycles. The van der Waals surface area contributed by atoms with Crippen molar-refractivity contribution in [3.63, 3.8) is 0 Å². The molecule has 25 heavy (non-hydrogen) atoms. The van der Waals surface area contributed by atoms with Crippen LogP contribution in [0.5, 0.6) is 5.75 Å². The van der Waals surface area contributed by atoms with Gasteiger partial charge in [0.1, 0.15) is 25.0 Å². The van der Waals surface area contributed by atoms with Gasteiger partial charge < -0.3 is 19.6 Å². The maximum atomic E-state index is 10.3. The summed E-state index contributed by atoms with van der Waals surface area (Å²) in [6.07, 6.45) is -0.431. The molecule has 0 radical (unpaired) electrons. The van der Waals surface area contributed by atoms with Gasteiger partial charge in [0.05, 0.1) is 26.2 Å². The van der Waals surface area contributed by atoms with Crippen LogP contribution in [0.3, 0.4) is 0 Å². The number of aryl methyl sites for hydroxylation is 2. The molecule has 1 fully saturated rings. The molecule has 1 saturated heterocycles. The van der Waals surface area contributed by atoms with Crippen molar-refractivity contribution in [2.75, 3.05) is 44.2 Å². The second kappa shape index (κ2) is 8.37. The fraction of sp³-hybridized carbons (Fsp3) is 0.429. The number of anilines is 1. The maximum absolute atomic E-state index is 10.3. The summed E-state index contributed by atoms with van der Waals surface area (Å²) >= 11 is 0. The predicted molar refractivity (Wildman–Crippen MR) is 102 cm³/mol. The number of nitrogens with zero attached hydrogens (tertiary/aromatic N) is 1. The second-order valence-electron chi connectivity index (χ2n) is 6.99. The van der Waals surface area contributed by atoms with Crippen LogP contribution in [0, 0.1) is 13.8 Å². The van der Waals surface area contributed by atoms with E-state index in [2.05, 4.69) is 55.1 Å². The lowest BCUT2D eigenvalue weighted by Gasteiger charge is -2.34. The van der Waals surface area contributed by atoms with Crippen LogP contribution in [0.25, 0.3) is 0 Å². The number of hydrogen-bond donors (Lipinski definition) is 2. The van der Waals surface area contributed by atoms with Gasteiger partial charge in [0.15, 0.2) is 0 Å². The molecule has 1 atom stereocenters. The Morgan fingerprint density at radius 2 is 1.76 bits per heavy atom. The minimum Gasteiger partial charge on any atom is -0.491 e. The molecule has 1 aliphatic rings. The third-order valence-electron chi connectivity index (χ3n) is 5.04. The molecule has 3 rings (SSSR count). The molecule has 134 valence electrons. The molecule has 4 nitrogen and oxygen atoms in total. The number of rotatable bonds is 6. The normalized spacial score (nSPS) is 16.7. The van der Waals surface area contributed by atoms with Gasteiger partial charge in [-0.1, -0.05) is 24.3 Å². The van der Waals surface area contributed by atoms with E-state index in [4.69, 9.17) is 4.74 Å². The summed E-state index contributed by atoms with van der Waals surface area (Å²) in [5, 5.41) is 10.3. The Morgan fingerprint density at radius 1 is 1.04 bits per heavy atom. The monoisotopic (exact) mass is 341 g/mol. The van der Waals surface area contributed by atoms with Gasteiger partial charge in [0.25, 0.3) is 0 Å². The van der Waals surface area contributed by atoms with Gasteiger partial charge in [0, 0.05) is 5.69 Å². The van der Waals surface area contributed by atoms with E-state index in [1.807, 2.05) is 12.1 Å². The molecule has 0 unspecified atom stereocenters. The van der Waals surface area contributed by atoms with Crippen LogP contribution in [-0.4, -0.2) is 50.5 Å². The first-order valence-electron chi connectivity index (χ1n) is 9.13. The highest BCUT2D eigenvalue weighted by atomic mass is 16.5. The Kier molecular flexibility index (Phi) is 5.95. The highest BCUT2D eigenvalue weighted by molar-refractivity contribution is 5.46. The van der Waals surface area contributed by atoms with Crippen molar-refractivity contribution >= 4 is 5.69 Å². The van der Waals surface area contributed by atoms with E-state index in [1.165, 1.54) is 21.7 Å². The van der Waals surface area contributed by atoms with Crippen LogP contribution in [-0.2, 0) is 0 Å². The average molecular weight is 341 g/mol. The van der Waals surface area contributed by atoms with Crippen molar-refractivity contribution < 1.29 is 14.7 Å². The first-order valence-corrected chi connectivity index (χ1v) is 9.13. The number of para-hydroxylation sites is 1. The summed E-state index contributed by atoms with van der Waals surface area (Å²) in [6, 6.07) is 16.6. The van der Waals surface area contributed by atoms with Gasteiger partial charge >= 0.3 is 0 Å². The van der Waals surface area contributed by atoms with Gasteiger partial charge in [-0.15, -0.1) is 0 Å². The first kappa shape index (κ1) is 17.8. The van der Waals surface area contributed by atoms with E-state index in [0.717, 1.165) is 38.5 Å². The highest BCUT2D eigenvalue weighted by Crippen LogP contribution is 2.16. The van der Waals surface area contributed by atoms with Crippen LogP contribution >= 0.6 is 0 Å². The molecule has 1 heterocycles. The number of hydrogen-bond acceptors (Lipinski definition) is 3. The highest BCUT2D eigenvalue weighted by Gasteiger charge is 2.22. The van der Waals surface area contributed by atoms with Crippen molar-refractivity contribution in [1.82, 2.24) is 0 Å². The summed E-state index contributed by atoms with van der Waals surface area (Å²) in [7, 11) is 0. The van der Waals surface area contributed by atoms with Crippen LogP contribution in [0.1, 0.15) is 11.1 Å². The molecular formula is C21H29N2O2+. The zero-order valence-corrected chi connectivity index (χ0v) is 15.2. The molecule has 0 spiro atoms. The van der Waals surface area contributed by atoms with Crippen LogP contribution < -0.4 is 14.5 Å². The van der Waals surface area contributed by atoms with Crippen molar-refractivity contribution in [1.29, 1.82) is 0 Å². The number of nitrogens with one attached hydrogen (secondary N) is 1. The van der Waals surface area contributed by atoms with Gasteiger partial charge in [-0.3, -0.25) is 0 Å². The lowest BCUT2D eigenvalue weighted by Crippen LogP contribution is -3.16. The lowest BCUT2D eigenvalue weighted by atomic mass is 10.1. The number of ether oxygens (including phenoxy) is 1. The minimum atomic E-state index is -0.431. The van der Waals surface area contributed by atoms with E-state index in [0.29, 0.717) is 6.61 Å². The smallest absolute Gasteiger partial charge is 0.137 e. The average Bonchev–Trinajstić information content (AvgIpc) is 2.64. The summed E-state index contributed by atoms with van der Waals surface area (Å²) < 4.78 is 5.76. The SMILES string of the molecule is Cc1ccc(OC[C@H](O)C[NH+]2CCN(c3ccccc3)CC2)cc1C. The third kappa shape index (κ3) is 4.97. The van der Waals surface area contributed by atoms with Gasteiger partial charge in [0.2, 0.25) is 0 Å². The van der Waals surface area contributed by atoms with Gasteiger partial charge in [-0.25, -0.2) is 0 Å². The third-order valence-corrected chi connectivity index (χ3v) is 5.04. The maximum Gasteiger partial charge on any atom is 0.137 e. The summed E-state index contributed by atoms with van der Waals surface area (Å²) in [5.74, 6) is 0.839. The molecular weight excluding hydrogens is 312 g/mol. The molecule has 4 heteroatoms. The van der Waals surface area contributed by atoms with E-state index < -0.39 is 6.10 Å². The summed E-state index contributed by atoms with van der Waals surface area (Å²) in [6.45, 7) is 9.43. The number of aliphatic hydroxyl groups is 1. The fourth-order valence-corrected chi connectivity index (χ4v) is 3.31. The lowest BCUT2D eigenvalue weighted by molar-refractivity contribution is -0.903. The number of quaternary nitrogens is 1. The fourth-order valence-electron chi connectivity index (χ4n) is 3.31. The topological polar surface area (TPSA) is 37.1 Å². The van der Waals surface area contributed by atoms with E-state index in [9.17, 15) is 5.11 Å². The van der Waals surface area contributed by atoms with Crippen LogP contribution in [0.4, 0.5) is 5.69 Å². The van der Waals surface area contributed by atoms with E-state index in [1.54, 1.807) is 0 Å². The zero-order valence-electron chi connectivity index (χ0n) is 15.2. The van der Waals surface area contributed by atoms with Crippen molar-refractivity contribution in [2.24, 2.45) is 0 Å². The van der Waals surface area contributed by atoms with Crippen LogP contribution in [0.2, 0.25) is 0 Å². The molecule has 0 saturated carbocycles. The Hall–Kier alpha value is -2.04. The predicted octanol–water partition coefficient (Wildman–Crippen LogP) is 1.45. The van der Waals surface area contributed by atoms with Crippen molar-refractivity contribution in [3.8, 4) is 5.75 Å². The number of benzene rings is 2. The van der Waals surface area contributed by atoms with Gasteiger partial charge in [-0.2, -0.15) is 0 Å². The standard InChI is InChI=1S/C21H28N2O2/c1-17-8-9-21(14-18(17)2)25-16-20(24)15-22-10-12-23(13-11-22)19-6-4-3-5-7-19/h3-9,14,20,24H,10-13,15-16H2,1-2H3/p+1/t20-/m1/s1. The molecule has 0 bridgehead atoms. The zero-order chi connectivity index (χ0) is 17.6. The van der Waals surface area contributed by atoms with Gasteiger partial charge in [-0.05, 0) is 49.2 Å². The molecule has 1 aliphatic heterocycles. The molecule has 0 aliphatic carbocycles. The Labute approximate surface area is 150 Å². The molecule has 0 aromatic heterocycles. The Balaban J connectivity index is 1.41. The van der Waals surface area contributed by atoms with Crippen molar-refractivity contribution in [2.45, 2.75) is 20.0 Å². The number of piperazine rings is 1. The van der Waals surface area contributed by atoms with E-state index in [-0.39, 0.29) is 0 Å². The second-order valence-corrected chi connectivity index (χ2v) is 6.99. The molecule has 2 aromatic rings. The van der Waals surface area contributed by atoms with Crippen molar-refractivity contribution in [3.05, 3.63) is 59.7 Å². The summed E-state index contributed by atoms with van der Waals surface area (Å²) in [5.41, 5.74) is 3.77. The quantitative estimate of drug-likeness (QED) is 0.835. The van der Waals surface area contributed by atoms with Crippen LogP contribution in [0.15, 0.2) is 48.5 Å². The largest absolute Gasteiger partial charge is 0.491 e.